The molecular formula is C29H28F4N4O4S. The average molecular weight is 605 g/mol. The van der Waals surface area contributed by atoms with Crippen LogP contribution >= 0.6 is 0 Å². The standard InChI is InChI=1S/C29H28F4N4O4S/c30-23-9-11-25(12-10-23)42(40,41)36-15-13-28(14-16-36)27(39)35(20-37(28)24-7-2-1-3-8-24)19-26(38)34-18-21-5-4-6-22(17-21)29(31,32)33/h1-12,17H,13-16,18-20H2,(H,34,38). The number of anilines is 1. The van der Waals surface area contributed by atoms with E-state index in [4.69, 9.17) is 0 Å². The minimum absolute atomic E-state index is 0.0321. The number of hydrogen-bond donors (Lipinski definition) is 1. The van der Waals surface area contributed by atoms with E-state index >= 15 is 0 Å². The molecule has 0 unspecified atom stereocenters. The lowest BCUT2D eigenvalue weighted by Crippen LogP contribution is -2.57. The molecule has 0 aliphatic carbocycles. The summed E-state index contributed by atoms with van der Waals surface area (Å²) in [6.45, 7) is -0.325. The molecule has 5 rings (SSSR count). The number of halogens is 4. The molecule has 3 aromatic rings. The largest absolute Gasteiger partial charge is 0.416 e. The Morgan fingerprint density at radius 1 is 0.929 bits per heavy atom. The van der Waals surface area contributed by atoms with Gasteiger partial charge in [-0.25, -0.2) is 12.8 Å². The van der Waals surface area contributed by atoms with Crippen LogP contribution in [-0.2, 0) is 32.3 Å². The fourth-order valence-electron chi connectivity index (χ4n) is 5.46. The number of sulfonamides is 1. The minimum Gasteiger partial charge on any atom is -0.350 e. The van der Waals surface area contributed by atoms with E-state index in [-0.39, 0.29) is 62.1 Å². The summed E-state index contributed by atoms with van der Waals surface area (Å²) in [5.74, 6) is -1.43. The molecule has 0 radical (unpaired) electrons. The molecule has 0 atom stereocenters. The summed E-state index contributed by atoms with van der Waals surface area (Å²) in [5, 5.41) is 2.59. The SMILES string of the molecule is O=C(CN1CN(c2ccccc2)C2(CCN(S(=O)(=O)c3ccc(F)cc3)CC2)C1=O)NCc1cccc(C(F)(F)F)c1. The van der Waals surface area contributed by atoms with Crippen molar-refractivity contribution in [2.45, 2.75) is 36.0 Å². The van der Waals surface area contributed by atoms with E-state index in [0.717, 1.165) is 30.0 Å². The Balaban J connectivity index is 1.30. The van der Waals surface area contributed by atoms with E-state index in [1.165, 1.54) is 33.5 Å². The van der Waals surface area contributed by atoms with Gasteiger partial charge in [-0.15, -0.1) is 0 Å². The molecule has 222 valence electrons. The zero-order chi connectivity index (χ0) is 30.1. The van der Waals surface area contributed by atoms with Gasteiger partial charge in [-0.05, 0) is 66.9 Å². The van der Waals surface area contributed by atoms with Crippen LogP contribution in [0.5, 0.6) is 0 Å². The maximum Gasteiger partial charge on any atom is 0.416 e. The van der Waals surface area contributed by atoms with Crippen LogP contribution in [-0.4, -0.2) is 61.3 Å². The van der Waals surface area contributed by atoms with Gasteiger partial charge < -0.3 is 15.1 Å². The molecule has 13 heteroatoms. The first-order valence-electron chi connectivity index (χ1n) is 13.2. The third-order valence-electron chi connectivity index (χ3n) is 7.66. The first-order valence-corrected chi connectivity index (χ1v) is 14.6. The van der Waals surface area contributed by atoms with Crippen LogP contribution < -0.4 is 10.2 Å². The van der Waals surface area contributed by atoms with Gasteiger partial charge in [0.2, 0.25) is 21.8 Å². The molecule has 2 heterocycles. The Morgan fingerprint density at radius 3 is 2.24 bits per heavy atom. The normalized spacial score (nSPS) is 17.6. The zero-order valence-electron chi connectivity index (χ0n) is 22.4. The first kappa shape index (κ1) is 29.5. The molecule has 1 spiro atoms. The summed E-state index contributed by atoms with van der Waals surface area (Å²) in [6, 6.07) is 18.3. The highest BCUT2D eigenvalue weighted by atomic mass is 32.2. The predicted octanol–water partition coefficient (Wildman–Crippen LogP) is 3.99. The molecule has 2 aliphatic heterocycles. The van der Waals surface area contributed by atoms with Crippen LogP contribution in [0.2, 0.25) is 0 Å². The molecule has 3 aromatic carbocycles. The molecule has 2 fully saturated rings. The maximum atomic E-state index is 13.9. The molecule has 2 aliphatic rings. The second-order valence-corrected chi connectivity index (χ2v) is 12.2. The summed E-state index contributed by atoms with van der Waals surface area (Å²) < 4.78 is 80.1. The Bertz CT molecular complexity index is 1560. The molecule has 2 amide bonds. The Hall–Kier alpha value is -3.97. The minimum atomic E-state index is -4.51. The summed E-state index contributed by atoms with van der Waals surface area (Å²) in [6.07, 6.45) is -4.20. The number of alkyl halides is 3. The summed E-state index contributed by atoms with van der Waals surface area (Å²) in [7, 11) is -3.91. The van der Waals surface area contributed by atoms with Crippen LogP contribution in [0.4, 0.5) is 23.2 Å². The van der Waals surface area contributed by atoms with Crippen LogP contribution in [0.15, 0.2) is 83.8 Å². The summed E-state index contributed by atoms with van der Waals surface area (Å²) >= 11 is 0. The van der Waals surface area contributed by atoms with Crippen molar-refractivity contribution in [2.24, 2.45) is 0 Å². The van der Waals surface area contributed by atoms with Crippen LogP contribution in [0, 0.1) is 5.82 Å². The van der Waals surface area contributed by atoms with Crippen molar-refractivity contribution >= 4 is 27.5 Å². The number of piperidine rings is 1. The number of carbonyl (C=O) groups is 2. The number of amides is 2. The van der Waals surface area contributed by atoms with Gasteiger partial charge in [0.25, 0.3) is 0 Å². The number of nitrogens with one attached hydrogen (secondary N) is 1. The molecule has 42 heavy (non-hydrogen) atoms. The second kappa shape index (κ2) is 11.4. The van der Waals surface area contributed by atoms with E-state index in [1.54, 1.807) is 0 Å². The number of hydrogen-bond acceptors (Lipinski definition) is 5. The van der Waals surface area contributed by atoms with E-state index in [9.17, 15) is 35.6 Å². The van der Waals surface area contributed by atoms with Gasteiger partial charge in [-0.2, -0.15) is 17.5 Å². The van der Waals surface area contributed by atoms with E-state index < -0.39 is 39.0 Å². The fourth-order valence-corrected chi connectivity index (χ4v) is 6.90. The van der Waals surface area contributed by atoms with Gasteiger partial charge in [0.05, 0.1) is 17.1 Å². The highest BCUT2D eigenvalue weighted by Gasteiger charge is 2.55. The molecule has 0 aromatic heterocycles. The van der Waals surface area contributed by atoms with Crippen LogP contribution in [0.1, 0.15) is 24.0 Å². The summed E-state index contributed by atoms with van der Waals surface area (Å²) in [5.41, 5.74) is -0.926. The Kier molecular flexibility index (Phi) is 7.99. The Labute approximate surface area is 240 Å². The monoisotopic (exact) mass is 604 g/mol. The predicted molar refractivity (Wildman–Crippen MR) is 146 cm³/mol. The van der Waals surface area contributed by atoms with Crippen molar-refractivity contribution < 1.29 is 35.6 Å². The van der Waals surface area contributed by atoms with Crippen molar-refractivity contribution in [3.63, 3.8) is 0 Å². The molecule has 2 saturated heterocycles. The highest BCUT2D eigenvalue weighted by molar-refractivity contribution is 7.89. The van der Waals surface area contributed by atoms with Gasteiger partial charge >= 0.3 is 6.18 Å². The van der Waals surface area contributed by atoms with Crippen molar-refractivity contribution in [3.05, 3.63) is 95.8 Å². The molecule has 1 N–H and O–H groups in total. The Morgan fingerprint density at radius 2 is 1.60 bits per heavy atom. The van der Waals surface area contributed by atoms with E-state index in [1.807, 2.05) is 35.2 Å². The lowest BCUT2D eigenvalue weighted by molar-refractivity contribution is -0.138. The van der Waals surface area contributed by atoms with E-state index in [0.29, 0.717) is 0 Å². The maximum absolute atomic E-state index is 13.9. The number of benzene rings is 3. The quantitative estimate of drug-likeness (QED) is 0.412. The van der Waals surface area contributed by atoms with Crippen LogP contribution in [0.3, 0.4) is 0 Å². The van der Waals surface area contributed by atoms with Crippen molar-refractivity contribution in [1.82, 2.24) is 14.5 Å². The fraction of sp³-hybridized carbons (Fsp3) is 0.310. The third kappa shape index (κ3) is 5.84. The van der Waals surface area contributed by atoms with Crippen LogP contribution in [0.25, 0.3) is 0 Å². The van der Waals surface area contributed by atoms with Gasteiger partial charge in [0.1, 0.15) is 17.9 Å². The highest BCUT2D eigenvalue weighted by Crippen LogP contribution is 2.40. The van der Waals surface area contributed by atoms with Crippen molar-refractivity contribution in [2.75, 3.05) is 31.2 Å². The van der Waals surface area contributed by atoms with Gasteiger partial charge in [-0.3, -0.25) is 9.59 Å². The molecule has 8 nitrogen and oxygen atoms in total. The number of rotatable bonds is 7. The van der Waals surface area contributed by atoms with Crippen molar-refractivity contribution in [3.8, 4) is 0 Å². The molecule has 0 saturated carbocycles. The summed E-state index contributed by atoms with van der Waals surface area (Å²) in [4.78, 5) is 29.9. The number of nitrogens with zero attached hydrogens (tertiary/aromatic N) is 3. The smallest absolute Gasteiger partial charge is 0.350 e. The van der Waals surface area contributed by atoms with Gasteiger partial charge in [-0.1, -0.05) is 30.3 Å². The number of para-hydroxylation sites is 1. The molecular weight excluding hydrogens is 576 g/mol. The third-order valence-corrected chi connectivity index (χ3v) is 9.57. The van der Waals surface area contributed by atoms with Gasteiger partial charge in [0.15, 0.2) is 0 Å². The second-order valence-electron chi connectivity index (χ2n) is 10.3. The lowest BCUT2D eigenvalue weighted by atomic mass is 9.86. The van der Waals surface area contributed by atoms with E-state index in [2.05, 4.69) is 5.32 Å². The zero-order valence-corrected chi connectivity index (χ0v) is 23.2. The molecule has 0 bridgehead atoms. The van der Waals surface area contributed by atoms with Gasteiger partial charge in [0, 0.05) is 25.3 Å². The first-order chi connectivity index (χ1) is 19.9. The topological polar surface area (TPSA) is 90.0 Å². The average Bonchev–Trinajstić information content (AvgIpc) is 3.23. The van der Waals surface area contributed by atoms with Crippen molar-refractivity contribution in [1.29, 1.82) is 0 Å². The number of carbonyl (C=O) groups excluding carboxylic acids is 2. The lowest BCUT2D eigenvalue weighted by Gasteiger charge is -2.42.